The average molecular weight is 384 g/mol. The van der Waals surface area contributed by atoms with E-state index >= 15 is 0 Å². The van der Waals surface area contributed by atoms with Gasteiger partial charge in [0.15, 0.2) is 0 Å². The minimum absolute atomic E-state index is 0.0363. The molecule has 1 N–H and O–H groups in total. The van der Waals surface area contributed by atoms with Gasteiger partial charge in [0.2, 0.25) is 5.91 Å². The van der Waals surface area contributed by atoms with E-state index in [9.17, 15) is 4.79 Å². The third kappa shape index (κ3) is 3.48. The van der Waals surface area contributed by atoms with Gasteiger partial charge in [-0.05, 0) is 44.2 Å². The Morgan fingerprint density at radius 1 is 1.27 bits per heavy atom. The van der Waals surface area contributed by atoms with Gasteiger partial charge in [-0.1, -0.05) is 41.6 Å². The lowest BCUT2D eigenvalue weighted by Crippen LogP contribution is -2.30. The number of hydrogen-bond acceptors (Lipinski definition) is 5. The molecule has 1 atom stereocenters. The normalized spacial score (nSPS) is 14.4. The van der Waals surface area contributed by atoms with Crippen molar-refractivity contribution in [3.8, 4) is 0 Å². The number of rotatable bonds is 5. The summed E-state index contributed by atoms with van der Waals surface area (Å²) in [7, 11) is 0. The van der Waals surface area contributed by atoms with E-state index in [1.165, 1.54) is 39.6 Å². The first-order valence-electron chi connectivity index (χ1n) is 8.87. The Kier molecular flexibility index (Phi) is 4.96. The summed E-state index contributed by atoms with van der Waals surface area (Å²) in [6.45, 7) is 4.55. The molecule has 6 heteroatoms. The van der Waals surface area contributed by atoms with Gasteiger partial charge in [0.1, 0.15) is 16.2 Å². The number of aryl methyl sites for hydroxylation is 3. The SMILES string of the molecule is Cc1ccc(CNC(=O)[C@@H](C)Sc2ncnc3sc4c(c23)CCC4)cc1. The summed E-state index contributed by atoms with van der Waals surface area (Å²) in [5.41, 5.74) is 3.74. The van der Waals surface area contributed by atoms with Crippen LogP contribution in [0.15, 0.2) is 35.6 Å². The standard InChI is InChI=1S/C20H21N3OS2/c1-12-6-8-14(9-7-12)10-21-18(24)13(2)25-19-17-15-4-3-5-16(15)26-20(17)23-11-22-19/h6-9,11,13H,3-5,10H2,1-2H3,(H,21,24)/t13-/m1/s1. The lowest BCUT2D eigenvalue weighted by Gasteiger charge is -2.12. The van der Waals surface area contributed by atoms with Crippen LogP contribution in [0.2, 0.25) is 0 Å². The van der Waals surface area contributed by atoms with Gasteiger partial charge in [-0.2, -0.15) is 0 Å². The Balaban J connectivity index is 1.46. The number of carbonyl (C=O) groups excluding carboxylic acids is 1. The number of hydrogen-bond donors (Lipinski definition) is 1. The van der Waals surface area contributed by atoms with Crippen LogP contribution in [0.1, 0.15) is 34.9 Å². The van der Waals surface area contributed by atoms with E-state index in [4.69, 9.17) is 0 Å². The predicted octanol–water partition coefficient (Wildman–Crippen LogP) is 4.29. The zero-order valence-corrected chi connectivity index (χ0v) is 16.5. The van der Waals surface area contributed by atoms with Crippen molar-refractivity contribution in [2.24, 2.45) is 0 Å². The number of thioether (sulfide) groups is 1. The van der Waals surface area contributed by atoms with Crippen LogP contribution in [0.5, 0.6) is 0 Å². The van der Waals surface area contributed by atoms with Gasteiger partial charge in [0.25, 0.3) is 0 Å². The van der Waals surface area contributed by atoms with Crippen molar-refractivity contribution in [1.29, 1.82) is 0 Å². The van der Waals surface area contributed by atoms with Gasteiger partial charge in [0.05, 0.1) is 5.25 Å². The van der Waals surface area contributed by atoms with Crippen LogP contribution in [-0.4, -0.2) is 21.1 Å². The van der Waals surface area contributed by atoms with E-state index in [0.29, 0.717) is 6.54 Å². The van der Waals surface area contributed by atoms with Crippen molar-refractivity contribution in [1.82, 2.24) is 15.3 Å². The fourth-order valence-electron chi connectivity index (χ4n) is 3.25. The monoisotopic (exact) mass is 383 g/mol. The number of fused-ring (bicyclic) bond motifs is 3. The number of amides is 1. The average Bonchev–Trinajstić information content (AvgIpc) is 3.22. The van der Waals surface area contributed by atoms with E-state index in [1.54, 1.807) is 17.7 Å². The summed E-state index contributed by atoms with van der Waals surface area (Å²) in [6.07, 6.45) is 5.08. The summed E-state index contributed by atoms with van der Waals surface area (Å²) >= 11 is 3.31. The molecule has 1 aliphatic carbocycles. The summed E-state index contributed by atoms with van der Waals surface area (Å²) in [5.74, 6) is 0.0363. The minimum atomic E-state index is -0.199. The van der Waals surface area contributed by atoms with E-state index in [1.807, 2.05) is 6.92 Å². The first-order valence-corrected chi connectivity index (χ1v) is 10.6. The van der Waals surface area contributed by atoms with Crippen LogP contribution in [0, 0.1) is 6.92 Å². The largest absolute Gasteiger partial charge is 0.351 e. The Hall–Kier alpha value is -1.92. The van der Waals surface area contributed by atoms with Crippen LogP contribution in [0.4, 0.5) is 0 Å². The molecule has 134 valence electrons. The van der Waals surface area contributed by atoms with Crippen LogP contribution < -0.4 is 5.32 Å². The molecule has 4 nitrogen and oxygen atoms in total. The molecule has 0 radical (unpaired) electrons. The highest BCUT2D eigenvalue weighted by atomic mass is 32.2. The number of thiophene rings is 1. The summed E-state index contributed by atoms with van der Waals surface area (Å²) in [5, 5.41) is 4.95. The minimum Gasteiger partial charge on any atom is -0.351 e. The molecule has 4 rings (SSSR count). The molecule has 0 aliphatic heterocycles. The Bertz CT molecular complexity index is 950. The van der Waals surface area contributed by atoms with E-state index in [-0.39, 0.29) is 11.2 Å². The van der Waals surface area contributed by atoms with Crippen molar-refractivity contribution >= 4 is 39.2 Å². The second-order valence-electron chi connectivity index (χ2n) is 6.68. The highest BCUT2D eigenvalue weighted by Crippen LogP contribution is 2.40. The zero-order valence-electron chi connectivity index (χ0n) is 14.9. The maximum absolute atomic E-state index is 12.5. The summed E-state index contributed by atoms with van der Waals surface area (Å²) < 4.78 is 0. The van der Waals surface area contributed by atoms with Gasteiger partial charge >= 0.3 is 0 Å². The topological polar surface area (TPSA) is 54.9 Å². The summed E-state index contributed by atoms with van der Waals surface area (Å²) in [6, 6.07) is 8.23. The van der Waals surface area contributed by atoms with Gasteiger partial charge in [0, 0.05) is 16.8 Å². The molecule has 26 heavy (non-hydrogen) atoms. The third-order valence-corrected chi connectivity index (χ3v) is 7.01. The van der Waals surface area contributed by atoms with Crippen molar-refractivity contribution in [3.05, 3.63) is 52.2 Å². The molecule has 3 aromatic rings. The molecule has 2 aromatic heterocycles. The van der Waals surface area contributed by atoms with Crippen molar-refractivity contribution in [2.45, 2.75) is 49.9 Å². The number of nitrogens with zero attached hydrogens (tertiary/aromatic N) is 2. The lowest BCUT2D eigenvalue weighted by atomic mass is 10.1. The highest BCUT2D eigenvalue weighted by molar-refractivity contribution is 8.00. The highest BCUT2D eigenvalue weighted by Gasteiger charge is 2.23. The van der Waals surface area contributed by atoms with Crippen molar-refractivity contribution in [2.75, 3.05) is 0 Å². The molecule has 1 amide bonds. The van der Waals surface area contributed by atoms with Gasteiger partial charge in [-0.25, -0.2) is 9.97 Å². The molecule has 0 saturated heterocycles. The molecule has 0 spiro atoms. The number of carbonyl (C=O) groups is 1. The van der Waals surface area contributed by atoms with Crippen molar-refractivity contribution < 1.29 is 4.79 Å². The van der Waals surface area contributed by atoms with E-state index < -0.39 is 0 Å². The molecule has 1 aromatic carbocycles. The molecule has 0 fully saturated rings. The van der Waals surface area contributed by atoms with E-state index in [0.717, 1.165) is 28.3 Å². The number of benzene rings is 1. The van der Waals surface area contributed by atoms with Gasteiger partial charge < -0.3 is 5.32 Å². The third-order valence-electron chi connectivity index (χ3n) is 4.71. The van der Waals surface area contributed by atoms with Crippen LogP contribution in [0.3, 0.4) is 0 Å². The molecule has 1 aliphatic rings. The number of aromatic nitrogens is 2. The lowest BCUT2D eigenvalue weighted by molar-refractivity contribution is -0.120. The van der Waals surface area contributed by atoms with Gasteiger partial charge in [-0.3, -0.25) is 4.79 Å². The smallest absolute Gasteiger partial charge is 0.233 e. The summed E-state index contributed by atoms with van der Waals surface area (Å²) in [4.78, 5) is 23.9. The van der Waals surface area contributed by atoms with Crippen LogP contribution in [0.25, 0.3) is 10.2 Å². The maximum atomic E-state index is 12.5. The fraction of sp³-hybridized carbons (Fsp3) is 0.350. The molecule has 0 unspecified atom stereocenters. The zero-order chi connectivity index (χ0) is 18.1. The molecule has 0 bridgehead atoms. The maximum Gasteiger partial charge on any atom is 0.233 e. The first kappa shape index (κ1) is 17.5. The van der Waals surface area contributed by atoms with E-state index in [2.05, 4.69) is 46.5 Å². The predicted molar refractivity (Wildman–Crippen MR) is 108 cm³/mol. The molecular weight excluding hydrogens is 362 g/mol. The van der Waals surface area contributed by atoms with Crippen molar-refractivity contribution in [3.63, 3.8) is 0 Å². The molecule has 0 saturated carbocycles. The van der Waals surface area contributed by atoms with Gasteiger partial charge in [-0.15, -0.1) is 11.3 Å². The molecular formula is C20H21N3OS2. The second kappa shape index (κ2) is 7.37. The number of nitrogens with one attached hydrogen (secondary N) is 1. The fourth-order valence-corrected chi connectivity index (χ4v) is 5.51. The Morgan fingerprint density at radius 3 is 2.88 bits per heavy atom. The van der Waals surface area contributed by atoms with Crippen LogP contribution in [-0.2, 0) is 24.2 Å². The first-order chi connectivity index (χ1) is 12.6. The Labute approximate surface area is 161 Å². The Morgan fingerprint density at radius 2 is 2.08 bits per heavy atom. The molecule has 2 heterocycles. The van der Waals surface area contributed by atoms with Crippen LogP contribution >= 0.6 is 23.1 Å². The quantitative estimate of drug-likeness (QED) is 0.528. The second-order valence-corrected chi connectivity index (χ2v) is 9.09.